The number of aliphatic carboxylic acids is 1. The summed E-state index contributed by atoms with van der Waals surface area (Å²) in [7, 11) is 0. The molecule has 160 valence electrons. The van der Waals surface area contributed by atoms with Crippen molar-refractivity contribution in [2.75, 3.05) is 26.2 Å². The van der Waals surface area contributed by atoms with Gasteiger partial charge in [0.15, 0.2) is 5.96 Å². The number of nitrogens with two attached hydrogens (primary N) is 1. The Bertz CT molecular complexity index is 877. The number of hydrogen-bond acceptors (Lipinski definition) is 6. The second kappa shape index (κ2) is 9.83. The van der Waals surface area contributed by atoms with Crippen molar-refractivity contribution in [2.24, 2.45) is 5.73 Å². The van der Waals surface area contributed by atoms with Gasteiger partial charge in [-0.3, -0.25) is 19.9 Å². The lowest BCUT2D eigenvalue weighted by molar-refractivity contribution is -0.137. The van der Waals surface area contributed by atoms with Crippen molar-refractivity contribution in [1.29, 1.82) is 5.41 Å². The molecule has 1 atom stereocenters. The highest BCUT2D eigenvalue weighted by Gasteiger charge is 2.20. The van der Waals surface area contributed by atoms with Crippen molar-refractivity contribution in [2.45, 2.75) is 25.6 Å². The minimum absolute atomic E-state index is 0.0476. The van der Waals surface area contributed by atoms with Crippen LogP contribution in [0, 0.1) is 5.41 Å². The number of amides is 1. The first-order valence-corrected chi connectivity index (χ1v) is 9.67. The smallest absolute Gasteiger partial charge is 0.305 e. The largest absolute Gasteiger partial charge is 0.481 e. The molecular weight excluding hydrogens is 388 g/mol. The van der Waals surface area contributed by atoms with Crippen LogP contribution < -0.4 is 11.1 Å². The lowest BCUT2D eigenvalue weighted by atomic mass is 10.0. The Morgan fingerprint density at radius 3 is 2.53 bits per heavy atom. The third-order valence-electron chi connectivity index (χ3n) is 4.91. The van der Waals surface area contributed by atoms with Crippen LogP contribution in [0.4, 0.5) is 0 Å². The van der Waals surface area contributed by atoms with Gasteiger partial charge in [-0.2, -0.15) is 0 Å². The zero-order valence-corrected chi connectivity index (χ0v) is 16.6. The van der Waals surface area contributed by atoms with Crippen LogP contribution in [0.3, 0.4) is 0 Å². The van der Waals surface area contributed by atoms with Crippen LogP contribution in [0.5, 0.6) is 0 Å². The van der Waals surface area contributed by atoms with Gasteiger partial charge in [-0.05, 0) is 5.56 Å². The zero-order valence-electron chi connectivity index (χ0n) is 16.6. The van der Waals surface area contributed by atoms with E-state index < -0.39 is 12.0 Å². The second-order valence-corrected chi connectivity index (χ2v) is 7.18. The van der Waals surface area contributed by atoms with Crippen LogP contribution in [0.25, 0.3) is 0 Å². The van der Waals surface area contributed by atoms with E-state index in [1.807, 2.05) is 11.0 Å². The van der Waals surface area contributed by atoms with Gasteiger partial charge < -0.3 is 21.1 Å². The van der Waals surface area contributed by atoms with Gasteiger partial charge in [-0.1, -0.05) is 35.5 Å². The number of carboxylic acids is 1. The minimum atomic E-state index is -0.989. The summed E-state index contributed by atoms with van der Waals surface area (Å²) in [6, 6.07) is 8.39. The third-order valence-corrected chi connectivity index (χ3v) is 4.91. The molecule has 1 aliphatic rings. The molecule has 0 unspecified atom stereocenters. The van der Waals surface area contributed by atoms with Crippen LogP contribution in [0.1, 0.15) is 23.7 Å². The zero-order chi connectivity index (χ0) is 21.5. The molecule has 1 fully saturated rings. The van der Waals surface area contributed by atoms with Crippen molar-refractivity contribution in [3.63, 3.8) is 0 Å². The van der Waals surface area contributed by atoms with Crippen molar-refractivity contribution in [3.05, 3.63) is 47.8 Å². The van der Waals surface area contributed by atoms with Crippen molar-refractivity contribution < 1.29 is 14.7 Å². The summed E-state index contributed by atoms with van der Waals surface area (Å²) in [5.74, 6) is -1.24. The van der Waals surface area contributed by atoms with E-state index in [0.717, 1.165) is 24.3 Å². The topological polar surface area (TPSA) is 153 Å². The van der Waals surface area contributed by atoms with E-state index >= 15 is 0 Å². The molecule has 11 heteroatoms. The first-order valence-electron chi connectivity index (χ1n) is 9.67. The number of rotatable bonds is 8. The average Bonchev–Trinajstić information content (AvgIpc) is 3.14. The Labute approximate surface area is 174 Å². The minimum Gasteiger partial charge on any atom is -0.481 e. The Morgan fingerprint density at radius 1 is 1.20 bits per heavy atom. The number of hydrogen-bond donors (Lipinski definition) is 4. The van der Waals surface area contributed by atoms with Crippen molar-refractivity contribution >= 4 is 17.8 Å². The molecule has 1 saturated heterocycles. The van der Waals surface area contributed by atoms with Crippen molar-refractivity contribution in [3.8, 4) is 0 Å². The highest BCUT2D eigenvalue weighted by Crippen LogP contribution is 2.16. The van der Waals surface area contributed by atoms with Gasteiger partial charge in [0.2, 0.25) is 5.91 Å². The van der Waals surface area contributed by atoms with Crippen LogP contribution in [-0.2, 0) is 22.7 Å². The fraction of sp³-hybridized carbons (Fsp3) is 0.421. The molecular formula is C19H26N8O3. The molecule has 0 radical (unpaired) electrons. The number of guanidine groups is 1. The summed E-state index contributed by atoms with van der Waals surface area (Å²) < 4.78 is 1.44. The normalized spacial score (nSPS) is 15.5. The molecule has 1 aliphatic heterocycles. The van der Waals surface area contributed by atoms with Gasteiger partial charge in [-0.25, -0.2) is 4.68 Å². The number of benzene rings is 1. The first kappa shape index (κ1) is 21.2. The molecule has 30 heavy (non-hydrogen) atoms. The summed E-state index contributed by atoms with van der Waals surface area (Å²) in [6.07, 6.45) is 1.51. The van der Waals surface area contributed by atoms with Gasteiger partial charge in [0.1, 0.15) is 6.54 Å². The summed E-state index contributed by atoms with van der Waals surface area (Å²) >= 11 is 0. The maximum Gasteiger partial charge on any atom is 0.305 e. The number of nitrogens with one attached hydrogen (secondary N) is 2. The van der Waals surface area contributed by atoms with E-state index in [9.17, 15) is 9.59 Å². The van der Waals surface area contributed by atoms with Crippen LogP contribution in [0.2, 0.25) is 0 Å². The molecule has 0 bridgehead atoms. The maximum absolute atomic E-state index is 12.4. The van der Waals surface area contributed by atoms with Crippen LogP contribution in [-0.4, -0.2) is 73.9 Å². The fourth-order valence-electron chi connectivity index (χ4n) is 3.36. The molecule has 2 aromatic rings. The highest BCUT2D eigenvalue weighted by atomic mass is 16.4. The average molecular weight is 414 g/mol. The number of carbonyl (C=O) groups excluding carboxylic acids is 1. The molecule has 3 rings (SSSR count). The predicted molar refractivity (Wildman–Crippen MR) is 108 cm³/mol. The summed E-state index contributed by atoms with van der Waals surface area (Å²) in [6.45, 7) is 3.46. The molecule has 1 aromatic heterocycles. The number of carboxylic acid groups (broad SMARTS) is 1. The molecule has 2 heterocycles. The lowest BCUT2D eigenvalue weighted by Crippen LogP contribution is -2.50. The van der Waals surface area contributed by atoms with Gasteiger partial charge >= 0.3 is 5.97 Å². The first-order chi connectivity index (χ1) is 14.4. The molecule has 1 amide bonds. The van der Waals surface area contributed by atoms with Gasteiger partial charge in [0.25, 0.3) is 0 Å². The number of carbonyl (C=O) groups is 2. The number of nitrogens with zero attached hydrogens (tertiary/aromatic N) is 5. The molecule has 0 aliphatic carbocycles. The summed E-state index contributed by atoms with van der Waals surface area (Å²) in [4.78, 5) is 27.6. The standard InChI is InChI=1S/C19H26N8O3/c20-19(21)26-8-6-25(7-9-26)11-15-12-27(24-23-15)13-17(28)22-16(10-18(29)30)14-4-2-1-3-5-14/h1-5,12,16H,6-11,13H2,(H3,20,21)(H,22,28)(H,29,30)/t16-/m0/s1. The monoisotopic (exact) mass is 414 g/mol. The Kier molecular flexibility index (Phi) is 6.96. The molecule has 1 aromatic carbocycles. The predicted octanol–water partition coefficient (Wildman–Crippen LogP) is -0.379. The second-order valence-electron chi connectivity index (χ2n) is 7.18. The van der Waals surface area contributed by atoms with E-state index in [-0.39, 0.29) is 24.8 Å². The van der Waals surface area contributed by atoms with E-state index in [2.05, 4.69) is 20.5 Å². The Morgan fingerprint density at radius 2 is 1.90 bits per heavy atom. The third kappa shape index (κ3) is 6.01. The van der Waals surface area contributed by atoms with Gasteiger partial charge in [0.05, 0.1) is 24.4 Å². The molecule has 0 spiro atoms. The maximum atomic E-state index is 12.4. The summed E-state index contributed by atoms with van der Waals surface area (Å²) in [5, 5.41) is 27.5. The Balaban J connectivity index is 1.52. The lowest BCUT2D eigenvalue weighted by Gasteiger charge is -2.34. The van der Waals surface area contributed by atoms with Gasteiger partial charge in [-0.15, -0.1) is 5.10 Å². The van der Waals surface area contributed by atoms with E-state index in [0.29, 0.717) is 19.6 Å². The quantitative estimate of drug-likeness (QED) is 0.337. The van der Waals surface area contributed by atoms with Crippen LogP contribution in [0.15, 0.2) is 36.5 Å². The van der Waals surface area contributed by atoms with E-state index in [1.54, 1.807) is 30.5 Å². The molecule has 11 nitrogen and oxygen atoms in total. The van der Waals surface area contributed by atoms with E-state index in [1.165, 1.54) is 4.68 Å². The van der Waals surface area contributed by atoms with E-state index in [4.69, 9.17) is 16.2 Å². The van der Waals surface area contributed by atoms with Crippen molar-refractivity contribution in [1.82, 2.24) is 30.1 Å². The van der Waals surface area contributed by atoms with Gasteiger partial charge in [0, 0.05) is 32.7 Å². The van der Waals surface area contributed by atoms with Crippen LogP contribution >= 0.6 is 0 Å². The molecule has 0 saturated carbocycles. The fourth-order valence-corrected chi connectivity index (χ4v) is 3.36. The summed E-state index contributed by atoms with van der Waals surface area (Å²) in [5.41, 5.74) is 6.98. The number of piperazine rings is 1. The SMILES string of the molecule is N=C(N)N1CCN(Cc2cn(CC(=O)N[C@@H](CC(=O)O)c3ccccc3)nn2)CC1. The highest BCUT2D eigenvalue weighted by molar-refractivity contribution is 5.77. The molecule has 5 N–H and O–H groups in total. The Hall–Kier alpha value is -3.47. The number of aromatic nitrogens is 3.